The number of rotatable bonds is 6. The van der Waals surface area contributed by atoms with Crippen LogP contribution < -0.4 is 5.32 Å². The van der Waals surface area contributed by atoms with Gasteiger partial charge in [-0.1, -0.05) is 13.3 Å². The zero-order valence-electron chi connectivity index (χ0n) is 13.1. The van der Waals surface area contributed by atoms with Crippen LogP contribution in [0.5, 0.6) is 0 Å². The Kier molecular flexibility index (Phi) is 5.46. The third kappa shape index (κ3) is 3.87. The predicted molar refractivity (Wildman–Crippen MR) is 83.4 cm³/mol. The first kappa shape index (κ1) is 16.5. The quantitative estimate of drug-likeness (QED) is 0.874. The van der Waals surface area contributed by atoms with E-state index in [0.717, 1.165) is 18.6 Å². The first-order valence-electron chi connectivity index (χ1n) is 7.69. The van der Waals surface area contributed by atoms with Gasteiger partial charge in [-0.2, -0.15) is 0 Å². The fraction of sp³-hybridized carbons (Fsp3) is 0.733. The fourth-order valence-electron chi connectivity index (χ4n) is 2.86. The summed E-state index contributed by atoms with van der Waals surface area (Å²) in [6.45, 7) is 7.54. The average Bonchev–Trinajstić information content (AvgIpc) is 2.97. The summed E-state index contributed by atoms with van der Waals surface area (Å²) in [5.41, 5.74) is 0. The summed E-state index contributed by atoms with van der Waals surface area (Å²) in [5, 5.41) is 3.17. The number of nitrogens with one attached hydrogen (secondary N) is 1. The lowest BCUT2D eigenvalue weighted by atomic mass is 9.91. The summed E-state index contributed by atoms with van der Waals surface area (Å²) >= 11 is 0. The fourth-order valence-corrected chi connectivity index (χ4v) is 4.21. The number of sulfonamides is 1. The van der Waals surface area contributed by atoms with Crippen molar-refractivity contribution in [1.29, 1.82) is 0 Å². The minimum atomic E-state index is -3.14. The largest absolute Gasteiger partial charge is 0.468 e. The maximum absolute atomic E-state index is 12.3. The summed E-state index contributed by atoms with van der Waals surface area (Å²) in [6, 6.07) is 4.18. The molecule has 0 unspecified atom stereocenters. The molecule has 1 aromatic rings. The molecule has 2 heterocycles. The molecule has 2 atom stereocenters. The third-order valence-corrected chi connectivity index (χ3v) is 6.54. The lowest BCUT2D eigenvalue weighted by Crippen LogP contribution is -2.51. The van der Waals surface area contributed by atoms with Gasteiger partial charge in [0, 0.05) is 19.1 Å². The molecule has 0 spiro atoms. The lowest BCUT2D eigenvalue weighted by molar-refractivity contribution is 0.197. The minimum absolute atomic E-state index is 0.345. The number of furan rings is 1. The smallest absolute Gasteiger partial charge is 0.216 e. The maximum Gasteiger partial charge on any atom is 0.216 e. The van der Waals surface area contributed by atoms with Gasteiger partial charge in [0.05, 0.1) is 18.1 Å². The summed E-state index contributed by atoms with van der Waals surface area (Å²) in [5.74, 6) is 1.27. The van der Waals surface area contributed by atoms with E-state index < -0.39 is 10.0 Å². The first-order chi connectivity index (χ1) is 9.95. The monoisotopic (exact) mass is 314 g/mol. The van der Waals surface area contributed by atoms with Gasteiger partial charge in [0.15, 0.2) is 0 Å². The Balaban J connectivity index is 1.95. The number of nitrogens with zero attached hydrogens (tertiary/aromatic N) is 1. The van der Waals surface area contributed by atoms with E-state index in [1.165, 1.54) is 0 Å². The summed E-state index contributed by atoms with van der Waals surface area (Å²) in [7, 11) is -3.14. The Morgan fingerprint density at radius 3 is 2.81 bits per heavy atom. The average molecular weight is 314 g/mol. The van der Waals surface area contributed by atoms with Crippen LogP contribution in [0.2, 0.25) is 0 Å². The molecule has 21 heavy (non-hydrogen) atoms. The van der Waals surface area contributed by atoms with Crippen LogP contribution in [0.4, 0.5) is 0 Å². The molecule has 1 N–H and O–H groups in total. The van der Waals surface area contributed by atoms with Gasteiger partial charge in [-0.15, -0.1) is 0 Å². The molecular formula is C15H26N2O3S. The van der Waals surface area contributed by atoms with Gasteiger partial charge in [0.25, 0.3) is 0 Å². The van der Waals surface area contributed by atoms with Crippen molar-refractivity contribution in [3.8, 4) is 0 Å². The number of hydrogen-bond donors (Lipinski definition) is 1. The Hall–Kier alpha value is -0.850. The van der Waals surface area contributed by atoms with Gasteiger partial charge in [0.1, 0.15) is 5.76 Å². The highest BCUT2D eigenvalue weighted by Crippen LogP contribution is 2.24. The molecule has 0 radical (unpaired) electrons. The van der Waals surface area contributed by atoms with Crippen LogP contribution in [0, 0.1) is 5.92 Å². The van der Waals surface area contributed by atoms with Crippen LogP contribution in [0.25, 0.3) is 0 Å². The van der Waals surface area contributed by atoms with Gasteiger partial charge >= 0.3 is 0 Å². The molecule has 0 amide bonds. The molecule has 0 aliphatic carbocycles. The highest BCUT2D eigenvalue weighted by molar-refractivity contribution is 7.89. The van der Waals surface area contributed by atoms with Crippen molar-refractivity contribution in [3.63, 3.8) is 0 Å². The highest BCUT2D eigenvalue weighted by atomic mass is 32.2. The Morgan fingerprint density at radius 2 is 2.24 bits per heavy atom. The second kappa shape index (κ2) is 6.94. The summed E-state index contributed by atoms with van der Waals surface area (Å²) in [4.78, 5) is 0. The summed E-state index contributed by atoms with van der Waals surface area (Å²) in [6.07, 6.45) is 3.50. The van der Waals surface area contributed by atoms with Crippen LogP contribution in [0.15, 0.2) is 22.8 Å². The highest BCUT2D eigenvalue weighted by Gasteiger charge is 2.35. The van der Waals surface area contributed by atoms with Gasteiger partial charge in [-0.05, 0) is 38.3 Å². The van der Waals surface area contributed by atoms with E-state index in [4.69, 9.17) is 4.42 Å². The van der Waals surface area contributed by atoms with E-state index in [1.807, 2.05) is 12.1 Å². The van der Waals surface area contributed by atoms with Crippen LogP contribution in [0.3, 0.4) is 0 Å². The molecule has 1 aliphatic rings. The van der Waals surface area contributed by atoms with Crippen LogP contribution in [-0.4, -0.2) is 37.1 Å². The van der Waals surface area contributed by atoms with E-state index in [0.29, 0.717) is 31.6 Å². The second-order valence-electron chi connectivity index (χ2n) is 5.98. The molecule has 2 rings (SSSR count). The molecule has 120 valence electrons. The molecule has 1 aromatic heterocycles. The van der Waals surface area contributed by atoms with E-state index in [9.17, 15) is 8.42 Å². The molecule has 1 aliphatic heterocycles. The normalized spacial score (nSPS) is 24.6. The minimum Gasteiger partial charge on any atom is -0.468 e. The topological polar surface area (TPSA) is 62.6 Å². The van der Waals surface area contributed by atoms with Gasteiger partial charge in [0.2, 0.25) is 10.0 Å². The van der Waals surface area contributed by atoms with Crippen molar-refractivity contribution in [2.24, 2.45) is 5.92 Å². The molecule has 1 saturated heterocycles. The Bertz CT molecular complexity index is 525. The standard InChI is InChI=1S/C15H26N2O3S/c1-4-13-11-17(21(18,19)12(2)3)8-7-15(13)16-10-14-6-5-9-20-14/h5-6,9,12-13,15-16H,4,7-8,10-11H2,1-3H3/t13-,15+/m1/s1. The zero-order valence-corrected chi connectivity index (χ0v) is 13.9. The van der Waals surface area contributed by atoms with Gasteiger partial charge < -0.3 is 9.73 Å². The number of piperidine rings is 1. The molecule has 1 fully saturated rings. The molecular weight excluding hydrogens is 288 g/mol. The van der Waals surface area contributed by atoms with Crippen molar-refractivity contribution < 1.29 is 12.8 Å². The third-order valence-electron chi connectivity index (χ3n) is 4.30. The number of hydrogen-bond acceptors (Lipinski definition) is 4. The van der Waals surface area contributed by atoms with E-state index in [2.05, 4.69) is 12.2 Å². The van der Waals surface area contributed by atoms with Crippen molar-refractivity contribution >= 4 is 10.0 Å². The van der Waals surface area contributed by atoms with Crippen molar-refractivity contribution in [2.75, 3.05) is 13.1 Å². The maximum atomic E-state index is 12.3. The van der Waals surface area contributed by atoms with E-state index in [1.54, 1.807) is 24.4 Å². The van der Waals surface area contributed by atoms with E-state index >= 15 is 0 Å². The second-order valence-corrected chi connectivity index (χ2v) is 8.46. The predicted octanol–water partition coefficient (Wildman–Crippen LogP) is 2.21. The van der Waals surface area contributed by atoms with Crippen molar-refractivity contribution in [2.45, 2.75) is 51.4 Å². The Labute approximate surface area is 127 Å². The zero-order chi connectivity index (χ0) is 15.5. The van der Waals surface area contributed by atoms with Gasteiger partial charge in [-0.25, -0.2) is 12.7 Å². The van der Waals surface area contributed by atoms with Crippen LogP contribution in [0.1, 0.15) is 39.4 Å². The molecule has 5 nitrogen and oxygen atoms in total. The van der Waals surface area contributed by atoms with Crippen molar-refractivity contribution in [1.82, 2.24) is 9.62 Å². The lowest BCUT2D eigenvalue weighted by Gasteiger charge is -2.38. The molecule has 0 saturated carbocycles. The molecule has 0 aromatic carbocycles. The van der Waals surface area contributed by atoms with Crippen molar-refractivity contribution in [3.05, 3.63) is 24.2 Å². The van der Waals surface area contributed by atoms with E-state index in [-0.39, 0.29) is 5.25 Å². The SMILES string of the molecule is CC[C@@H]1CN(S(=O)(=O)C(C)C)CC[C@@H]1NCc1ccco1. The van der Waals surface area contributed by atoms with Crippen LogP contribution >= 0.6 is 0 Å². The first-order valence-corrected chi connectivity index (χ1v) is 9.20. The Morgan fingerprint density at radius 1 is 1.48 bits per heavy atom. The summed E-state index contributed by atoms with van der Waals surface area (Å²) < 4.78 is 31.6. The van der Waals surface area contributed by atoms with Gasteiger partial charge in [-0.3, -0.25) is 0 Å². The van der Waals surface area contributed by atoms with Crippen LogP contribution in [-0.2, 0) is 16.6 Å². The molecule has 0 bridgehead atoms. The molecule has 6 heteroatoms.